The standard InChI is InChI=1S/C10H22N2O/c1-11-10(13)8-6-4-5-7-9-12(2)3/h4-9H2,1-3H3,(H,11,13). The molecule has 0 saturated heterocycles. The molecule has 13 heavy (non-hydrogen) atoms. The third kappa shape index (κ3) is 9.34. The smallest absolute Gasteiger partial charge is 0.219 e. The molecule has 0 aromatic carbocycles. The summed E-state index contributed by atoms with van der Waals surface area (Å²) in [6.45, 7) is 1.15. The first-order chi connectivity index (χ1) is 6.16. The molecule has 0 spiro atoms. The molecule has 0 aromatic rings. The van der Waals surface area contributed by atoms with Gasteiger partial charge < -0.3 is 10.2 Å². The lowest BCUT2D eigenvalue weighted by molar-refractivity contribution is -0.120. The normalized spacial score (nSPS) is 10.5. The average Bonchev–Trinajstić information content (AvgIpc) is 2.10. The van der Waals surface area contributed by atoms with Gasteiger partial charge in [0.05, 0.1) is 0 Å². The highest BCUT2D eigenvalue weighted by Crippen LogP contribution is 2.02. The van der Waals surface area contributed by atoms with E-state index in [2.05, 4.69) is 24.3 Å². The number of hydrogen-bond acceptors (Lipinski definition) is 2. The molecule has 0 heterocycles. The molecule has 1 amide bonds. The molecule has 0 bridgehead atoms. The molecule has 3 nitrogen and oxygen atoms in total. The van der Waals surface area contributed by atoms with Crippen molar-refractivity contribution in [1.29, 1.82) is 0 Å². The highest BCUT2D eigenvalue weighted by molar-refractivity contribution is 5.75. The monoisotopic (exact) mass is 186 g/mol. The van der Waals surface area contributed by atoms with Crippen LogP contribution in [0.25, 0.3) is 0 Å². The molecule has 0 saturated carbocycles. The van der Waals surface area contributed by atoms with Crippen molar-refractivity contribution in [3.05, 3.63) is 0 Å². The number of amides is 1. The summed E-state index contributed by atoms with van der Waals surface area (Å²) >= 11 is 0. The molecule has 78 valence electrons. The van der Waals surface area contributed by atoms with Crippen LogP contribution in [0.1, 0.15) is 32.1 Å². The van der Waals surface area contributed by atoms with Gasteiger partial charge in [-0.3, -0.25) is 4.79 Å². The molecule has 0 aliphatic rings. The molecule has 0 aliphatic heterocycles. The fourth-order valence-electron chi connectivity index (χ4n) is 1.19. The van der Waals surface area contributed by atoms with Crippen molar-refractivity contribution < 1.29 is 4.79 Å². The number of rotatable bonds is 7. The molecule has 0 fully saturated rings. The predicted octanol–water partition coefficient (Wildman–Crippen LogP) is 1.24. The number of hydrogen-bond donors (Lipinski definition) is 1. The lowest BCUT2D eigenvalue weighted by Crippen LogP contribution is -2.17. The van der Waals surface area contributed by atoms with E-state index in [0.29, 0.717) is 6.42 Å². The van der Waals surface area contributed by atoms with Gasteiger partial charge in [-0.2, -0.15) is 0 Å². The van der Waals surface area contributed by atoms with E-state index in [0.717, 1.165) is 13.0 Å². The fourth-order valence-corrected chi connectivity index (χ4v) is 1.19. The lowest BCUT2D eigenvalue weighted by atomic mass is 10.1. The van der Waals surface area contributed by atoms with E-state index in [9.17, 15) is 4.79 Å². The summed E-state index contributed by atoms with van der Waals surface area (Å²) in [5.41, 5.74) is 0. The second kappa shape index (κ2) is 8.05. The van der Waals surface area contributed by atoms with Crippen molar-refractivity contribution in [3.63, 3.8) is 0 Å². The Labute approximate surface area is 81.5 Å². The molecular weight excluding hydrogens is 164 g/mol. The fraction of sp³-hybridized carbons (Fsp3) is 0.900. The van der Waals surface area contributed by atoms with Gasteiger partial charge in [-0.1, -0.05) is 12.8 Å². The highest BCUT2D eigenvalue weighted by Gasteiger charge is 1.97. The van der Waals surface area contributed by atoms with Crippen molar-refractivity contribution in [2.24, 2.45) is 0 Å². The molecule has 1 N–H and O–H groups in total. The van der Waals surface area contributed by atoms with Gasteiger partial charge in [0.15, 0.2) is 0 Å². The van der Waals surface area contributed by atoms with Crippen molar-refractivity contribution in [2.45, 2.75) is 32.1 Å². The number of nitrogens with zero attached hydrogens (tertiary/aromatic N) is 1. The maximum absolute atomic E-state index is 10.8. The zero-order chi connectivity index (χ0) is 10.1. The van der Waals surface area contributed by atoms with Gasteiger partial charge in [-0.15, -0.1) is 0 Å². The van der Waals surface area contributed by atoms with Crippen LogP contribution in [0.3, 0.4) is 0 Å². The van der Waals surface area contributed by atoms with Crippen LogP contribution in [0, 0.1) is 0 Å². The van der Waals surface area contributed by atoms with Crippen LogP contribution in [-0.4, -0.2) is 38.5 Å². The van der Waals surface area contributed by atoms with E-state index < -0.39 is 0 Å². The van der Waals surface area contributed by atoms with Gasteiger partial charge in [0, 0.05) is 13.5 Å². The van der Waals surface area contributed by atoms with Crippen LogP contribution in [0.4, 0.5) is 0 Å². The van der Waals surface area contributed by atoms with Gasteiger partial charge in [0.1, 0.15) is 0 Å². The van der Waals surface area contributed by atoms with E-state index in [1.165, 1.54) is 19.3 Å². The molecular formula is C10H22N2O. The Balaban J connectivity index is 3.04. The van der Waals surface area contributed by atoms with E-state index in [4.69, 9.17) is 0 Å². The van der Waals surface area contributed by atoms with E-state index in [1.54, 1.807) is 7.05 Å². The molecule has 3 heteroatoms. The van der Waals surface area contributed by atoms with Crippen LogP contribution in [0.15, 0.2) is 0 Å². The first-order valence-electron chi connectivity index (χ1n) is 5.02. The average molecular weight is 186 g/mol. The van der Waals surface area contributed by atoms with Crippen molar-refractivity contribution in [1.82, 2.24) is 10.2 Å². The van der Waals surface area contributed by atoms with Gasteiger partial charge >= 0.3 is 0 Å². The van der Waals surface area contributed by atoms with Gasteiger partial charge in [0.2, 0.25) is 5.91 Å². The maximum atomic E-state index is 10.8. The van der Waals surface area contributed by atoms with E-state index >= 15 is 0 Å². The Morgan fingerprint density at radius 1 is 1.15 bits per heavy atom. The predicted molar refractivity (Wildman–Crippen MR) is 55.7 cm³/mol. The summed E-state index contributed by atoms with van der Waals surface area (Å²) in [5.74, 6) is 0.160. The van der Waals surface area contributed by atoms with Crippen LogP contribution in [0.5, 0.6) is 0 Å². The summed E-state index contributed by atoms with van der Waals surface area (Å²) in [6, 6.07) is 0. The van der Waals surface area contributed by atoms with Gasteiger partial charge in [0.25, 0.3) is 0 Å². The van der Waals surface area contributed by atoms with Crippen molar-refractivity contribution in [3.8, 4) is 0 Å². The summed E-state index contributed by atoms with van der Waals surface area (Å²) in [5, 5.41) is 2.63. The zero-order valence-electron chi connectivity index (χ0n) is 9.10. The third-order valence-electron chi connectivity index (χ3n) is 2.04. The molecule has 0 unspecified atom stereocenters. The number of carbonyl (C=O) groups excluding carboxylic acids is 1. The summed E-state index contributed by atoms with van der Waals surface area (Å²) in [4.78, 5) is 13.0. The second-order valence-corrected chi connectivity index (χ2v) is 3.64. The summed E-state index contributed by atoms with van der Waals surface area (Å²) in [6.07, 6.45) is 5.34. The Hall–Kier alpha value is -0.570. The van der Waals surface area contributed by atoms with Gasteiger partial charge in [-0.05, 0) is 33.5 Å². The lowest BCUT2D eigenvalue weighted by Gasteiger charge is -2.08. The van der Waals surface area contributed by atoms with Crippen LogP contribution in [0.2, 0.25) is 0 Å². The topological polar surface area (TPSA) is 32.3 Å². The Morgan fingerprint density at radius 3 is 2.31 bits per heavy atom. The van der Waals surface area contributed by atoms with Crippen LogP contribution >= 0.6 is 0 Å². The quantitative estimate of drug-likeness (QED) is 0.607. The minimum Gasteiger partial charge on any atom is -0.359 e. The Bertz CT molecular complexity index is 135. The van der Waals surface area contributed by atoms with Crippen LogP contribution < -0.4 is 5.32 Å². The first kappa shape index (κ1) is 12.4. The Morgan fingerprint density at radius 2 is 1.77 bits per heavy atom. The molecule has 0 aromatic heterocycles. The minimum atomic E-state index is 0.160. The molecule has 0 aliphatic carbocycles. The summed E-state index contributed by atoms with van der Waals surface area (Å²) in [7, 11) is 5.86. The zero-order valence-corrected chi connectivity index (χ0v) is 9.10. The first-order valence-corrected chi connectivity index (χ1v) is 5.02. The van der Waals surface area contributed by atoms with Crippen molar-refractivity contribution in [2.75, 3.05) is 27.7 Å². The minimum absolute atomic E-state index is 0.160. The second-order valence-electron chi connectivity index (χ2n) is 3.64. The van der Waals surface area contributed by atoms with E-state index in [1.807, 2.05) is 0 Å². The molecule has 0 atom stereocenters. The maximum Gasteiger partial charge on any atom is 0.219 e. The molecule has 0 radical (unpaired) electrons. The van der Waals surface area contributed by atoms with Gasteiger partial charge in [-0.25, -0.2) is 0 Å². The summed E-state index contributed by atoms with van der Waals surface area (Å²) < 4.78 is 0. The van der Waals surface area contributed by atoms with Crippen molar-refractivity contribution >= 4 is 5.91 Å². The third-order valence-corrected chi connectivity index (χ3v) is 2.04. The SMILES string of the molecule is CNC(=O)CCCCCCN(C)C. The Kier molecular flexibility index (Phi) is 7.69. The number of nitrogens with one attached hydrogen (secondary N) is 1. The largest absolute Gasteiger partial charge is 0.359 e. The van der Waals surface area contributed by atoms with Crippen LogP contribution in [-0.2, 0) is 4.79 Å². The highest BCUT2D eigenvalue weighted by atomic mass is 16.1. The number of carbonyl (C=O) groups is 1. The molecule has 0 rings (SSSR count). The number of unbranched alkanes of at least 4 members (excludes halogenated alkanes) is 3. The van der Waals surface area contributed by atoms with E-state index in [-0.39, 0.29) is 5.91 Å².